The molecule has 1 aromatic heterocycles. The van der Waals surface area contributed by atoms with Crippen molar-refractivity contribution in [3.8, 4) is 0 Å². The number of amides is 2. The van der Waals surface area contributed by atoms with Crippen molar-refractivity contribution in [1.82, 2.24) is 4.90 Å². The maximum atomic E-state index is 12.0. The summed E-state index contributed by atoms with van der Waals surface area (Å²) in [7, 11) is 1.33. The first-order valence-corrected chi connectivity index (χ1v) is 6.71. The normalized spacial score (nSPS) is 18.8. The molecule has 0 unspecified atom stereocenters. The second-order valence-electron chi connectivity index (χ2n) is 4.42. The average molecular weight is 268 g/mol. The van der Waals surface area contributed by atoms with E-state index in [4.69, 9.17) is 0 Å². The Bertz CT molecular complexity index is 458. The minimum Gasteiger partial charge on any atom is -0.465 e. The fraction of sp³-hybridized carbons (Fsp3) is 0.500. The van der Waals surface area contributed by atoms with Crippen LogP contribution < -0.4 is 5.32 Å². The molecule has 98 valence electrons. The Labute approximate surface area is 110 Å². The van der Waals surface area contributed by atoms with Gasteiger partial charge in [0, 0.05) is 13.1 Å². The third-order valence-electron chi connectivity index (χ3n) is 2.99. The van der Waals surface area contributed by atoms with E-state index in [0.29, 0.717) is 16.5 Å². The molecule has 2 rings (SSSR count). The van der Waals surface area contributed by atoms with Gasteiger partial charge in [0.15, 0.2) is 0 Å². The second-order valence-corrected chi connectivity index (χ2v) is 5.34. The van der Waals surface area contributed by atoms with E-state index in [2.05, 4.69) is 17.0 Å². The molecular formula is C12H16N2O3S. The van der Waals surface area contributed by atoms with Crippen molar-refractivity contribution in [3.63, 3.8) is 0 Å². The van der Waals surface area contributed by atoms with E-state index in [1.54, 1.807) is 16.3 Å². The van der Waals surface area contributed by atoms with Crippen LogP contribution in [-0.2, 0) is 4.74 Å². The summed E-state index contributed by atoms with van der Waals surface area (Å²) in [6.45, 7) is 3.66. The van der Waals surface area contributed by atoms with E-state index < -0.39 is 5.97 Å². The van der Waals surface area contributed by atoms with Crippen LogP contribution >= 0.6 is 11.3 Å². The number of hydrogen-bond donors (Lipinski definition) is 1. The molecule has 1 N–H and O–H groups in total. The van der Waals surface area contributed by atoms with Gasteiger partial charge in [0.1, 0.15) is 4.88 Å². The van der Waals surface area contributed by atoms with Gasteiger partial charge >= 0.3 is 12.0 Å². The minimum atomic E-state index is -0.421. The summed E-state index contributed by atoms with van der Waals surface area (Å²) < 4.78 is 4.67. The first kappa shape index (κ1) is 12.9. The van der Waals surface area contributed by atoms with Crippen molar-refractivity contribution >= 4 is 29.0 Å². The van der Waals surface area contributed by atoms with Crippen LogP contribution in [0.2, 0.25) is 0 Å². The summed E-state index contributed by atoms with van der Waals surface area (Å²) in [5.74, 6) is 0.119. The number of nitrogens with zero attached hydrogens (tertiary/aromatic N) is 1. The number of carbonyl (C=O) groups excluding carboxylic acids is 2. The van der Waals surface area contributed by atoms with Crippen molar-refractivity contribution in [2.24, 2.45) is 5.92 Å². The summed E-state index contributed by atoms with van der Waals surface area (Å²) >= 11 is 1.26. The van der Waals surface area contributed by atoms with E-state index >= 15 is 0 Å². The lowest BCUT2D eigenvalue weighted by molar-refractivity contribution is 0.0607. The predicted molar refractivity (Wildman–Crippen MR) is 70.0 cm³/mol. The van der Waals surface area contributed by atoms with Crippen molar-refractivity contribution in [2.45, 2.75) is 13.3 Å². The fourth-order valence-electron chi connectivity index (χ4n) is 1.97. The maximum absolute atomic E-state index is 12.0. The van der Waals surface area contributed by atoms with Crippen molar-refractivity contribution in [1.29, 1.82) is 0 Å². The van der Waals surface area contributed by atoms with Gasteiger partial charge in [-0.25, -0.2) is 9.59 Å². The highest BCUT2D eigenvalue weighted by Gasteiger charge is 2.24. The third kappa shape index (κ3) is 2.64. The smallest absolute Gasteiger partial charge is 0.350 e. The molecule has 1 aromatic rings. The van der Waals surface area contributed by atoms with E-state index in [0.717, 1.165) is 19.5 Å². The Morgan fingerprint density at radius 2 is 2.33 bits per heavy atom. The van der Waals surface area contributed by atoms with Crippen LogP contribution in [0.4, 0.5) is 10.5 Å². The highest BCUT2D eigenvalue weighted by atomic mass is 32.1. The molecule has 5 nitrogen and oxygen atoms in total. The summed E-state index contributed by atoms with van der Waals surface area (Å²) in [5.41, 5.74) is 0.524. The molecule has 6 heteroatoms. The van der Waals surface area contributed by atoms with Crippen molar-refractivity contribution in [3.05, 3.63) is 16.3 Å². The van der Waals surface area contributed by atoms with Crippen LogP contribution in [0.5, 0.6) is 0 Å². The fourth-order valence-corrected chi connectivity index (χ4v) is 2.74. The van der Waals surface area contributed by atoms with Gasteiger partial charge in [0.25, 0.3) is 0 Å². The highest BCUT2D eigenvalue weighted by molar-refractivity contribution is 7.12. The molecule has 0 bridgehead atoms. The molecule has 1 atom stereocenters. The van der Waals surface area contributed by atoms with Gasteiger partial charge in [0.05, 0.1) is 12.8 Å². The van der Waals surface area contributed by atoms with Gasteiger partial charge < -0.3 is 15.0 Å². The summed E-state index contributed by atoms with van der Waals surface area (Å²) in [6.07, 6.45) is 1.03. The topological polar surface area (TPSA) is 58.6 Å². The summed E-state index contributed by atoms with van der Waals surface area (Å²) in [4.78, 5) is 25.7. The zero-order chi connectivity index (χ0) is 13.1. The van der Waals surface area contributed by atoms with E-state index in [1.165, 1.54) is 18.4 Å². The SMILES string of the molecule is COC(=O)c1sccc1NC(=O)N1CC[C@@H](C)C1. The largest absolute Gasteiger partial charge is 0.465 e. The lowest BCUT2D eigenvalue weighted by Crippen LogP contribution is -2.33. The van der Waals surface area contributed by atoms with Gasteiger partial charge in [-0.2, -0.15) is 0 Å². The molecule has 0 aromatic carbocycles. The van der Waals surface area contributed by atoms with Crippen molar-refractivity contribution in [2.75, 3.05) is 25.5 Å². The van der Waals surface area contributed by atoms with Gasteiger partial charge in [-0.15, -0.1) is 11.3 Å². The van der Waals surface area contributed by atoms with Crippen LogP contribution in [-0.4, -0.2) is 37.1 Å². The Morgan fingerprint density at radius 1 is 1.56 bits per heavy atom. The monoisotopic (exact) mass is 268 g/mol. The standard InChI is InChI=1S/C12H16N2O3S/c1-8-3-5-14(7-8)12(16)13-9-4-6-18-10(9)11(15)17-2/h4,6,8H,3,5,7H2,1-2H3,(H,13,16)/t8-/m1/s1. The van der Waals surface area contributed by atoms with Crippen LogP contribution in [0, 0.1) is 5.92 Å². The first-order valence-electron chi connectivity index (χ1n) is 5.83. The molecule has 0 aliphatic carbocycles. The third-order valence-corrected chi connectivity index (χ3v) is 3.88. The number of thiophene rings is 1. The summed E-state index contributed by atoms with van der Waals surface area (Å²) in [5, 5.41) is 4.52. The van der Waals surface area contributed by atoms with Crippen LogP contribution in [0.3, 0.4) is 0 Å². The Morgan fingerprint density at radius 3 is 2.94 bits per heavy atom. The number of urea groups is 1. The number of likely N-dealkylation sites (tertiary alicyclic amines) is 1. The van der Waals surface area contributed by atoms with E-state index in [9.17, 15) is 9.59 Å². The minimum absolute atomic E-state index is 0.150. The number of anilines is 1. The molecule has 1 fully saturated rings. The van der Waals surface area contributed by atoms with Gasteiger partial charge in [-0.05, 0) is 23.8 Å². The Balaban J connectivity index is 2.03. The van der Waals surface area contributed by atoms with Crippen molar-refractivity contribution < 1.29 is 14.3 Å². The predicted octanol–water partition coefficient (Wildman–Crippen LogP) is 2.41. The first-order chi connectivity index (χ1) is 8.61. The maximum Gasteiger partial charge on any atom is 0.350 e. The molecule has 2 heterocycles. The Hall–Kier alpha value is -1.56. The van der Waals surface area contributed by atoms with Gasteiger partial charge in [-0.3, -0.25) is 0 Å². The highest BCUT2D eigenvalue weighted by Crippen LogP contribution is 2.24. The summed E-state index contributed by atoms with van der Waals surface area (Å²) in [6, 6.07) is 1.57. The molecule has 0 spiro atoms. The number of esters is 1. The molecule has 18 heavy (non-hydrogen) atoms. The Kier molecular flexibility index (Phi) is 3.86. The lowest BCUT2D eigenvalue weighted by atomic mass is 10.2. The number of rotatable bonds is 2. The molecule has 2 amide bonds. The number of nitrogens with one attached hydrogen (secondary N) is 1. The number of methoxy groups -OCH3 is 1. The molecule has 0 radical (unpaired) electrons. The van der Waals surface area contributed by atoms with Crippen LogP contribution in [0.1, 0.15) is 23.0 Å². The molecule has 1 aliphatic rings. The zero-order valence-corrected chi connectivity index (χ0v) is 11.3. The zero-order valence-electron chi connectivity index (χ0n) is 10.4. The molecule has 1 aliphatic heterocycles. The molecule has 0 saturated carbocycles. The van der Waals surface area contributed by atoms with E-state index in [-0.39, 0.29) is 6.03 Å². The number of carbonyl (C=O) groups is 2. The molecular weight excluding hydrogens is 252 g/mol. The average Bonchev–Trinajstić information content (AvgIpc) is 2.97. The van der Waals surface area contributed by atoms with Gasteiger partial charge in [-0.1, -0.05) is 6.92 Å². The number of hydrogen-bond acceptors (Lipinski definition) is 4. The quantitative estimate of drug-likeness (QED) is 0.838. The number of ether oxygens (including phenoxy) is 1. The van der Waals surface area contributed by atoms with Gasteiger partial charge in [0.2, 0.25) is 0 Å². The second kappa shape index (κ2) is 5.39. The van der Waals surface area contributed by atoms with Crippen LogP contribution in [0.25, 0.3) is 0 Å². The lowest BCUT2D eigenvalue weighted by Gasteiger charge is -2.16. The molecule has 1 saturated heterocycles. The van der Waals surface area contributed by atoms with Crippen LogP contribution in [0.15, 0.2) is 11.4 Å². The van der Waals surface area contributed by atoms with E-state index in [1.807, 2.05) is 0 Å².